The number of nitriles is 1. The Kier molecular flexibility index (Phi) is 6.04. The molecule has 1 amide bonds. The van der Waals surface area contributed by atoms with Crippen LogP contribution in [0.25, 0.3) is 0 Å². The monoisotopic (exact) mass is 290 g/mol. The predicted molar refractivity (Wildman–Crippen MR) is 81.4 cm³/mol. The van der Waals surface area contributed by atoms with Crippen molar-refractivity contribution in [1.29, 1.82) is 5.26 Å². The normalized spacial score (nSPS) is 12.9. The summed E-state index contributed by atoms with van der Waals surface area (Å²) in [6, 6.07) is 7.30. The molecule has 0 aliphatic carbocycles. The second kappa shape index (κ2) is 7.53. The van der Waals surface area contributed by atoms with E-state index in [-0.39, 0.29) is 5.91 Å². The Hall–Kier alpha value is -2.22. The molecule has 21 heavy (non-hydrogen) atoms. The number of carbonyl (C=O) groups is 1. The van der Waals surface area contributed by atoms with Crippen LogP contribution in [-0.2, 0) is 4.79 Å². The zero-order valence-corrected chi connectivity index (χ0v) is 13.0. The number of ether oxygens (including phenoxy) is 2. The summed E-state index contributed by atoms with van der Waals surface area (Å²) < 4.78 is 10.9. The average Bonchev–Trinajstić information content (AvgIpc) is 2.49. The Balaban J connectivity index is 3.06. The highest BCUT2D eigenvalue weighted by Gasteiger charge is 2.31. The molecule has 0 radical (unpaired) electrons. The van der Waals surface area contributed by atoms with Crippen molar-refractivity contribution in [2.45, 2.75) is 34.1 Å². The van der Waals surface area contributed by atoms with E-state index in [9.17, 15) is 10.1 Å². The summed E-state index contributed by atoms with van der Waals surface area (Å²) in [5.41, 5.74) is -0.548. The second-order valence-corrected chi connectivity index (χ2v) is 4.78. The van der Waals surface area contributed by atoms with Crippen LogP contribution >= 0.6 is 0 Å². The maximum absolute atomic E-state index is 12.3. The van der Waals surface area contributed by atoms with Gasteiger partial charge in [-0.25, -0.2) is 0 Å². The molecule has 0 fully saturated rings. The van der Waals surface area contributed by atoms with Gasteiger partial charge in [0.05, 0.1) is 25.0 Å². The first-order valence-corrected chi connectivity index (χ1v) is 7.13. The molecule has 114 valence electrons. The van der Waals surface area contributed by atoms with E-state index in [2.05, 4.69) is 11.4 Å². The van der Waals surface area contributed by atoms with Gasteiger partial charge in [0.1, 0.15) is 16.9 Å². The van der Waals surface area contributed by atoms with E-state index < -0.39 is 5.41 Å². The zero-order valence-electron chi connectivity index (χ0n) is 13.0. The fraction of sp³-hybridized carbons (Fsp3) is 0.500. The second-order valence-electron chi connectivity index (χ2n) is 4.78. The number of rotatable bonds is 7. The Bertz CT molecular complexity index is 537. The van der Waals surface area contributed by atoms with Crippen molar-refractivity contribution >= 4 is 11.6 Å². The third-order valence-electron chi connectivity index (χ3n) is 3.27. The van der Waals surface area contributed by atoms with E-state index in [0.717, 1.165) is 0 Å². The van der Waals surface area contributed by atoms with Crippen LogP contribution in [0.1, 0.15) is 34.1 Å². The molecule has 0 aliphatic heterocycles. The van der Waals surface area contributed by atoms with Gasteiger partial charge in [0, 0.05) is 6.07 Å². The number of anilines is 1. The quantitative estimate of drug-likeness (QED) is 0.835. The third-order valence-corrected chi connectivity index (χ3v) is 3.27. The van der Waals surface area contributed by atoms with Gasteiger partial charge in [0.2, 0.25) is 5.91 Å². The third kappa shape index (κ3) is 4.12. The van der Waals surface area contributed by atoms with Crippen molar-refractivity contribution in [3.05, 3.63) is 18.2 Å². The number of hydrogen-bond donors (Lipinski definition) is 1. The molecule has 0 spiro atoms. The van der Waals surface area contributed by atoms with E-state index in [1.54, 1.807) is 25.1 Å². The smallest absolute Gasteiger partial charge is 0.244 e. The van der Waals surface area contributed by atoms with Crippen molar-refractivity contribution in [3.8, 4) is 17.6 Å². The molecule has 0 bridgehead atoms. The molecule has 1 N–H and O–H groups in total. The number of nitrogens with zero attached hydrogens (tertiary/aromatic N) is 1. The minimum Gasteiger partial charge on any atom is -0.494 e. The first kappa shape index (κ1) is 16.8. The minimum absolute atomic E-state index is 0.345. The highest BCUT2D eigenvalue weighted by Crippen LogP contribution is 2.31. The van der Waals surface area contributed by atoms with Gasteiger partial charge in [-0.2, -0.15) is 5.26 Å². The summed E-state index contributed by atoms with van der Waals surface area (Å²) in [5, 5.41) is 11.9. The summed E-state index contributed by atoms with van der Waals surface area (Å²) in [6.45, 7) is 8.20. The summed E-state index contributed by atoms with van der Waals surface area (Å²) in [7, 11) is 0. The van der Waals surface area contributed by atoms with Gasteiger partial charge in [-0.3, -0.25) is 4.79 Å². The molecule has 5 nitrogen and oxygen atoms in total. The number of nitrogens with one attached hydrogen (secondary N) is 1. The number of hydrogen-bond acceptors (Lipinski definition) is 4. The Morgan fingerprint density at radius 3 is 2.48 bits per heavy atom. The first-order chi connectivity index (χ1) is 10.0. The maximum Gasteiger partial charge on any atom is 0.244 e. The predicted octanol–water partition coefficient (Wildman–Crippen LogP) is 3.36. The van der Waals surface area contributed by atoms with E-state index in [1.165, 1.54) is 0 Å². The summed E-state index contributed by atoms with van der Waals surface area (Å²) in [6.07, 6.45) is 0.435. The van der Waals surface area contributed by atoms with Crippen LogP contribution in [0.3, 0.4) is 0 Å². The Morgan fingerprint density at radius 1 is 1.29 bits per heavy atom. The standard InChI is InChI=1S/C16H22N2O3/c1-5-16(4,11-17)15(19)18-13-10-12(20-6-2)8-9-14(13)21-7-3/h8-10H,5-7H2,1-4H3,(H,18,19). The summed E-state index contributed by atoms with van der Waals surface area (Å²) >= 11 is 0. The molecule has 0 saturated carbocycles. The minimum atomic E-state index is -1.06. The largest absolute Gasteiger partial charge is 0.494 e. The molecule has 0 saturated heterocycles. The van der Waals surface area contributed by atoms with E-state index in [1.807, 2.05) is 20.8 Å². The molecule has 0 heterocycles. The lowest BCUT2D eigenvalue weighted by Crippen LogP contribution is -2.31. The van der Waals surface area contributed by atoms with E-state index in [0.29, 0.717) is 36.8 Å². The van der Waals surface area contributed by atoms with E-state index >= 15 is 0 Å². The highest BCUT2D eigenvalue weighted by molar-refractivity contribution is 5.98. The Morgan fingerprint density at radius 2 is 1.95 bits per heavy atom. The van der Waals surface area contributed by atoms with Gasteiger partial charge in [-0.1, -0.05) is 6.92 Å². The van der Waals surface area contributed by atoms with Crippen molar-refractivity contribution in [2.75, 3.05) is 18.5 Å². The number of amides is 1. The van der Waals surface area contributed by atoms with Crippen LogP contribution in [0.4, 0.5) is 5.69 Å². The van der Waals surface area contributed by atoms with Gasteiger partial charge < -0.3 is 14.8 Å². The highest BCUT2D eigenvalue weighted by atomic mass is 16.5. The lowest BCUT2D eigenvalue weighted by molar-refractivity contribution is -0.122. The van der Waals surface area contributed by atoms with Crippen molar-refractivity contribution < 1.29 is 14.3 Å². The zero-order chi connectivity index (χ0) is 15.9. The van der Waals surface area contributed by atoms with E-state index in [4.69, 9.17) is 9.47 Å². The van der Waals surface area contributed by atoms with Crippen LogP contribution in [0.5, 0.6) is 11.5 Å². The van der Waals surface area contributed by atoms with Crippen LogP contribution in [0.2, 0.25) is 0 Å². The Labute approximate surface area is 125 Å². The molecular formula is C16H22N2O3. The molecular weight excluding hydrogens is 268 g/mol. The molecule has 5 heteroatoms. The first-order valence-electron chi connectivity index (χ1n) is 7.13. The van der Waals surface area contributed by atoms with Gasteiger partial charge >= 0.3 is 0 Å². The van der Waals surface area contributed by atoms with Crippen LogP contribution < -0.4 is 14.8 Å². The fourth-order valence-electron chi connectivity index (χ4n) is 1.70. The molecule has 0 aliphatic rings. The van der Waals surface area contributed by atoms with Crippen molar-refractivity contribution in [1.82, 2.24) is 0 Å². The molecule has 1 aromatic carbocycles. The summed E-state index contributed by atoms with van der Waals surface area (Å²) in [5.74, 6) is 0.860. The number of carbonyl (C=O) groups excluding carboxylic acids is 1. The van der Waals surface area contributed by atoms with Gasteiger partial charge in [0.25, 0.3) is 0 Å². The number of benzene rings is 1. The molecule has 1 rings (SSSR count). The van der Waals surface area contributed by atoms with Crippen LogP contribution in [-0.4, -0.2) is 19.1 Å². The van der Waals surface area contributed by atoms with Gasteiger partial charge in [-0.15, -0.1) is 0 Å². The topological polar surface area (TPSA) is 71.3 Å². The molecule has 1 atom stereocenters. The van der Waals surface area contributed by atoms with Crippen LogP contribution in [0, 0.1) is 16.7 Å². The fourth-order valence-corrected chi connectivity index (χ4v) is 1.70. The van der Waals surface area contributed by atoms with Gasteiger partial charge in [-0.05, 0) is 39.3 Å². The molecule has 1 unspecified atom stereocenters. The van der Waals surface area contributed by atoms with Crippen molar-refractivity contribution in [2.24, 2.45) is 5.41 Å². The summed E-state index contributed by atoms with van der Waals surface area (Å²) in [4.78, 5) is 12.3. The molecule has 0 aromatic heterocycles. The SMILES string of the molecule is CCOc1ccc(OCC)c(NC(=O)C(C)(C#N)CC)c1. The lowest BCUT2D eigenvalue weighted by Gasteiger charge is -2.20. The van der Waals surface area contributed by atoms with Crippen LogP contribution in [0.15, 0.2) is 18.2 Å². The maximum atomic E-state index is 12.3. The van der Waals surface area contributed by atoms with Crippen molar-refractivity contribution in [3.63, 3.8) is 0 Å². The molecule has 1 aromatic rings. The average molecular weight is 290 g/mol. The lowest BCUT2D eigenvalue weighted by atomic mass is 9.88. The van der Waals surface area contributed by atoms with Gasteiger partial charge in [0.15, 0.2) is 0 Å².